The average molecular weight is 440 g/mol. The Balaban J connectivity index is 1.56. The van der Waals surface area contributed by atoms with Gasteiger partial charge in [0.1, 0.15) is 0 Å². The molecule has 0 aliphatic carbocycles. The fraction of sp³-hybridized carbons (Fsp3) is 0.364. The number of amides is 2. The van der Waals surface area contributed by atoms with Gasteiger partial charge in [-0.15, -0.1) is 16.4 Å². The van der Waals surface area contributed by atoms with Gasteiger partial charge in [-0.3, -0.25) is 14.6 Å². The Morgan fingerprint density at radius 3 is 2.65 bits per heavy atom. The zero-order chi connectivity index (χ0) is 22.0. The number of likely N-dealkylation sites (tertiary alicyclic amines) is 1. The summed E-state index contributed by atoms with van der Waals surface area (Å²) in [6, 6.07) is 12.3. The highest BCUT2D eigenvalue weighted by molar-refractivity contribution is 7.13. The molecule has 162 valence electrons. The number of carbonyl (C=O) groups excluding carboxylic acids is 2. The van der Waals surface area contributed by atoms with Crippen molar-refractivity contribution >= 4 is 23.2 Å². The molecule has 1 aliphatic rings. The summed E-state index contributed by atoms with van der Waals surface area (Å²) in [5.74, 6) is -0.480. The molecule has 3 N–H and O–H groups in total. The zero-order valence-corrected chi connectivity index (χ0v) is 18.3. The van der Waals surface area contributed by atoms with Gasteiger partial charge in [-0.05, 0) is 49.3 Å². The van der Waals surface area contributed by atoms with Gasteiger partial charge in [0.15, 0.2) is 0 Å². The van der Waals surface area contributed by atoms with Crippen LogP contribution in [0.5, 0.6) is 0 Å². The molecule has 8 nitrogen and oxygen atoms in total. The van der Waals surface area contributed by atoms with E-state index in [1.54, 1.807) is 16.2 Å². The molecule has 4 rings (SSSR count). The van der Waals surface area contributed by atoms with Crippen molar-refractivity contribution in [1.82, 2.24) is 25.4 Å². The third-order valence-electron chi connectivity index (χ3n) is 5.55. The van der Waals surface area contributed by atoms with Gasteiger partial charge in [-0.2, -0.15) is 0 Å². The minimum atomic E-state index is -0.735. The van der Waals surface area contributed by atoms with Gasteiger partial charge in [0, 0.05) is 24.0 Å². The van der Waals surface area contributed by atoms with E-state index in [0.29, 0.717) is 19.4 Å². The first-order valence-corrected chi connectivity index (χ1v) is 11.1. The predicted octanol–water partition coefficient (Wildman–Crippen LogP) is 2.43. The summed E-state index contributed by atoms with van der Waals surface area (Å²) in [4.78, 5) is 42.5. The summed E-state index contributed by atoms with van der Waals surface area (Å²) in [6.45, 7) is 4.54. The quantitative estimate of drug-likeness (QED) is 0.548. The number of hydrogen-bond acceptors (Lipinski definition) is 5. The number of nitrogens with zero attached hydrogens (tertiary/aromatic N) is 2. The lowest BCUT2D eigenvalue weighted by molar-refractivity contribution is -0.130. The van der Waals surface area contributed by atoms with Gasteiger partial charge in [-0.25, -0.2) is 9.89 Å². The number of aromatic amines is 2. The molecular formula is C22H25N5O3S. The normalized spacial score (nSPS) is 18.5. The second-order valence-corrected chi connectivity index (χ2v) is 9.21. The van der Waals surface area contributed by atoms with E-state index >= 15 is 0 Å². The lowest BCUT2D eigenvalue weighted by atomic mass is 9.79. The van der Waals surface area contributed by atoms with Crippen molar-refractivity contribution in [3.63, 3.8) is 0 Å². The molecule has 3 aromatic rings. The molecule has 31 heavy (non-hydrogen) atoms. The summed E-state index contributed by atoms with van der Waals surface area (Å²) < 4.78 is 0. The molecule has 1 atom stereocenters. The van der Waals surface area contributed by atoms with Crippen molar-refractivity contribution in [3.8, 4) is 10.4 Å². The number of hydrogen-bond donors (Lipinski definition) is 3. The van der Waals surface area contributed by atoms with Crippen LogP contribution in [-0.2, 0) is 11.2 Å². The van der Waals surface area contributed by atoms with Crippen LogP contribution in [0.1, 0.15) is 36.5 Å². The summed E-state index contributed by atoms with van der Waals surface area (Å²) in [6.07, 6.45) is 1.07. The Morgan fingerprint density at radius 1 is 1.26 bits per heavy atom. The molecule has 0 radical (unpaired) electrons. The smallest absolute Gasteiger partial charge is 0.341 e. The Hall–Kier alpha value is -3.20. The number of H-pyrrole nitrogens is 2. The van der Waals surface area contributed by atoms with Gasteiger partial charge in [0.2, 0.25) is 11.7 Å². The van der Waals surface area contributed by atoms with Gasteiger partial charge in [0.05, 0.1) is 5.41 Å². The monoisotopic (exact) mass is 439 g/mol. The van der Waals surface area contributed by atoms with Gasteiger partial charge >= 0.3 is 5.69 Å². The topological polar surface area (TPSA) is 111 Å². The third kappa shape index (κ3) is 4.46. The van der Waals surface area contributed by atoms with Crippen molar-refractivity contribution in [2.75, 3.05) is 13.1 Å². The molecule has 3 heterocycles. The number of rotatable bonds is 6. The van der Waals surface area contributed by atoms with Crippen molar-refractivity contribution < 1.29 is 9.59 Å². The molecule has 1 saturated heterocycles. The number of benzene rings is 1. The Morgan fingerprint density at radius 2 is 2.03 bits per heavy atom. The van der Waals surface area contributed by atoms with E-state index in [2.05, 4.69) is 50.8 Å². The van der Waals surface area contributed by atoms with E-state index in [0.717, 1.165) is 11.1 Å². The Labute approximate surface area is 183 Å². The van der Waals surface area contributed by atoms with Crippen molar-refractivity contribution in [2.24, 2.45) is 5.41 Å². The van der Waals surface area contributed by atoms with E-state index in [1.165, 1.54) is 4.88 Å². The van der Waals surface area contributed by atoms with Crippen LogP contribution in [0.25, 0.3) is 10.4 Å². The van der Waals surface area contributed by atoms with Crippen LogP contribution in [-0.4, -0.2) is 51.0 Å². The van der Waals surface area contributed by atoms with Crippen LogP contribution in [0.3, 0.4) is 0 Å². The zero-order valence-electron chi connectivity index (χ0n) is 17.5. The SMILES string of the molecule is CC(C)NC(=O)[C@@]1(Cc2ccc(-c3cccs3)cc2)CCN(C(=O)c2n[nH]c(=O)[nH]2)C1. The lowest BCUT2D eigenvalue weighted by Crippen LogP contribution is -2.47. The van der Waals surface area contributed by atoms with Crippen molar-refractivity contribution in [2.45, 2.75) is 32.7 Å². The van der Waals surface area contributed by atoms with E-state index in [-0.39, 0.29) is 30.2 Å². The first kappa shape index (κ1) is 21.0. The van der Waals surface area contributed by atoms with E-state index in [1.807, 2.05) is 25.3 Å². The largest absolute Gasteiger partial charge is 0.353 e. The molecule has 0 bridgehead atoms. The number of nitrogens with one attached hydrogen (secondary N) is 3. The second kappa shape index (κ2) is 8.50. The molecule has 9 heteroatoms. The van der Waals surface area contributed by atoms with Crippen LogP contribution in [0.2, 0.25) is 0 Å². The molecule has 2 aromatic heterocycles. The first-order chi connectivity index (χ1) is 14.9. The molecular weight excluding hydrogens is 414 g/mol. The average Bonchev–Trinajstić information content (AvgIpc) is 3.49. The number of thiophene rings is 1. The summed E-state index contributed by atoms with van der Waals surface area (Å²) in [5.41, 5.74) is 0.921. The lowest BCUT2D eigenvalue weighted by Gasteiger charge is -2.29. The van der Waals surface area contributed by atoms with E-state index < -0.39 is 11.1 Å². The van der Waals surface area contributed by atoms with E-state index in [9.17, 15) is 14.4 Å². The number of carbonyl (C=O) groups is 2. The third-order valence-corrected chi connectivity index (χ3v) is 6.47. The Bertz CT molecular complexity index is 1120. The van der Waals surface area contributed by atoms with Crippen LogP contribution in [0.15, 0.2) is 46.6 Å². The summed E-state index contributed by atoms with van der Waals surface area (Å²) >= 11 is 1.69. The number of aromatic nitrogens is 3. The molecule has 1 aliphatic heterocycles. The fourth-order valence-electron chi connectivity index (χ4n) is 4.01. The molecule has 0 unspecified atom stereocenters. The predicted molar refractivity (Wildman–Crippen MR) is 119 cm³/mol. The van der Waals surface area contributed by atoms with Crippen LogP contribution in [0, 0.1) is 5.41 Å². The first-order valence-electron chi connectivity index (χ1n) is 10.2. The summed E-state index contributed by atoms with van der Waals surface area (Å²) in [5, 5.41) is 11.0. The standard InChI is InChI=1S/C22H25N5O3S/c1-14(2)23-20(29)22(9-10-27(13-22)19(28)18-24-21(30)26-25-18)12-15-5-7-16(8-6-15)17-4-3-11-31-17/h3-8,11,14H,9-10,12-13H2,1-2H3,(H,23,29)(H2,24,25,26,30)/t22-/m1/s1. The minimum Gasteiger partial charge on any atom is -0.353 e. The molecule has 2 amide bonds. The highest BCUT2D eigenvalue weighted by Gasteiger charge is 2.46. The van der Waals surface area contributed by atoms with Crippen LogP contribution < -0.4 is 11.0 Å². The van der Waals surface area contributed by atoms with Gasteiger partial charge in [0.25, 0.3) is 5.91 Å². The maximum Gasteiger partial charge on any atom is 0.341 e. The fourth-order valence-corrected chi connectivity index (χ4v) is 4.75. The maximum absolute atomic E-state index is 13.2. The second-order valence-electron chi connectivity index (χ2n) is 8.26. The van der Waals surface area contributed by atoms with Crippen LogP contribution >= 0.6 is 11.3 Å². The molecule has 0 saturated carbocycles. The Kier molecular flexibility index (Phi) is 5.77. The van der Waals surface area contributed by atoms with Crippen molar-refractivity contribution in [1.29, 1.82) is 0 Å². The minimum absolute atomic E-state index is 0.00183. The van der Waals surface area contributed by atoms with E-state index in [4.69, 9.17) is 0 Å². The van der Waals surface area contributed by atoms with Gasteiger partial charge in [-0.1, -0.05) is 30.3 Å². The molecule has 0 spiro atoms. The highest BCUT2D eigenvalue weighted by atomic mass is 32.1. The molecule has 1 fully saturated rings. The maximum atomic E-state index is 13.2. The summed E-state index contributed by atoms with van der Waals surface area (Å²) in [7, 11) is 0. The highest BCUT2D eigenvalue weighted by Crippen LogP contribution is 2.36. The van der Waals surface area contributed by atoms with Crippen LogP contribution in [0.4, 0.5) is 0 Å². The molecule has 1 aromatic carbocycles. The van der Waals surface area contributed by atoms with Gasteiger partial charge < -0.3 is 10.2 Å². The van der Waals surface area contributed by atoms with Crippen molar-refractivity contribution in [3.05, 3.63) is 63.7 Å².